The number of rotatable bonds is 12. The zero-order valence-corrected chi connectivity index (χ0v) is 22.5. The number of nitrogens with zero attached hydrogens (tertiary/aromatic N) is 2. The van der Waals surface area contributed by atoms with E-state index in [9.17, 15) is 14.7 Å². The first-order valence-corrected chi connectivity index (χ1v) is 13.2. The van der Waals surface area contributed by atoms with E-state index in [1.807, 2.05) is 49.4 Å². The standard InChI is InChI=1S/C32H34N2O5/c1-4-38-28-19-25(13-15-27(28)39-18-16-22(2)3)30-29(26(35)14-12-23-9-6-5-7-10-23)31(36)32(37)34(30)21-24-11-8-17-33-20-24/h5-15,17,19-20,22,30,36H,4,16,18,21H2,1-3H3. The summed E-state index contributed by atoms with van der Waals surface area (Å²) in [5, 5.41) is 11.0. The molecule has 2 heterocycles. The fraction of sp³-hybridized carbons (Fsp3) is 0.281. The molecule has 1 unspecified atom stereocenters. The largest absolute Gasteiger partial charge is 0.503 e. The van der Waals surface area contributed by atoms with Gasteiger partial charge < -0.3 is 19.5 Å². The van der Waals surface area contributed by atoms with Crippen LogP contribution in [0.3, 0.4) is 0 Å². The predicted octanol–water partition coefficient (Wildman–Crippen LogP) is 6.08. The number of ether oxygens (including phenoxy) is 2. The molecule has 2 aromatic carbocycles. The molecule has 1 N–H and O–H groups in total. The summed E-state index contributed by atoms with van der Waals surface area (Å²) in [7, 11) is 0. The summed E-state index contributed by atoms with van der Waals surface area (Å²) in [6.07, 6.45) is 7.27. The highest BCUT2D eigenvalue weighted by Crippen LogP contribution is 2.42. The number of aliphatic hydroxyl groups is 1. The summed E-state index contributed by atoms with van der Waals surface area (Å²) in [5.74, 6) is -0.00748. The first-order valence-electron chi connectivity index (χ1n) is 13.2. The van der Waals surface area contributed by atoms with Gasteiger partial charge in [-0.05, 0) is 60.2 Å². The third-order valence-electron chi connectivity index (χ3n) is 6.41. The molecule has 202 valence electrons. The molecule has 0 saturated heterocycles. The van der Waals surface area contributed by atoms with Crippen LogP contribution in [0.1, 0.15) is 49.9 Å². The Morgan fingerprint density at radius 3 is 2.56 bits per heavy atom. The minimum absolute atomic E-state index is 0.0204. The van der Waals surface area contributed by atoms with E-state index >= 15 is 0 Å². The van der Waals surface area contributed by atoms with Crippen molar-refractivity contribution in [1.29, 1.82) is 0 Å². The molecule has 1 aromatic heterocycles. The Kier molecular flexibility index (Phi) is 9.15. The molecule has 1 aliphatic heterocycles. The van der Waals surface area contributed by atoms with Crippen LogP contribution in [0, 0.1) is 5.92 Å². The number of hydrogen-bond donors (Lipinski definition) is 1. The Morgan fingerprint density at radius 1 is 1.08 bits per heavy atom. The molecule has 1 aliphatic rings. The third kappa shape index (κ3) is 6.74. The Balaban J connectivity index is 1.73. The summed E-state index contributed by atoms with van der Waals surface area (Å²) in [4.78, 5) is 32.5. The zero-order chi connectivity index (χ0) is 27.8. The average Bonchev–Trinajstić information content (AvgIpc) is 3.18. The summed E-state index contributed by atoms with van der Waals surface area (Å²) in [6, 6.07) is 17.6. The van der Waals surface area contributed by atoms with Gasteiger partial charge in [-0.2, -0.15) is 0 Å². The molecule has 1 atom stereocenters. The highest BCUT2D eigenvalue weighted by Gasteiger charge is 2.43. The van der Waals surface area contributed by atoms with Crippen LogP contribution in [0.5, 0.6) is 11.5 Å². The lowest BCUT2D eigenvalue weighted by atomic mass is 9.95. The van der Waals surface area contributed by atoms with Gasteiger partial charge in [0.05, 0.1) is 24.8 Å². The second kappa shape index (κ2) is 12.9. The van der Waals surface area contributed by atoms with Crippen molar-refractivity contribution in [3.05, 3.63) is 107 Å². The van der Waals surface area contributed by atoms with E-state index in [1.165, 1.54) is 11.0 Å². The minimum Gasteiger partial charge on any atom is -0.503 e. The van der Waals surface area contributed by atoms with Gasteiger partial charge >= 0.3 is 0 Å². The van der Waals surface area contributed by atoms with Crippen molar-refractivity contribution in [2.45, 2.75) is 39.8 Å². The van der Waals surface area contributed by atoms with Gasteiger partial charge in [0, 0.05) is 18.9 Å². The maximum atomic E-state index is 13.5. The molecule has 4 rings (SSSR count). The van der Waals surface area contributed by atoms with Crippen molar-refractivity contribution in [1.82, 2.24) is 9.88 Å². The first-order chi connectivity index (χ1) is 18.9. The molecule has 39 heavy (non-hydrogen) atoms. The monoisotopic (exact) mass is 526 g/mol. The molecule has 1 amide bonds. The van der Waals surface area contributed by atoms with Gasteiger partial charge in [0.1, 0.15) is 0 Å². The van der Waals surface area contributed by atoms with E-state index < -0.39 is 23.5 Å². The molecule has 0 aliphatic carbocycles. The maximum absolute atomic E-state index is 13.5. The van der Waals surface area contributed by atoms with E-state index in [2.05, 4.69) is 18.8 Å². The zero-order valence-electron chi connectivity index (χ0n) is 22.5. The van der Waals surface area contributed by atoms with Gasteiger partial charge in [0.2, 0.25) is 0 Å². The van der Waals surface area contributed by atoms with Crippen LogP contribution >= 0.6 is 0 Å². The number of pyridine rings is 1. The van der Waals surface area contributed by atoms with E-state index in [4.69, 9.17) is 9.47 Å². The van der Waals surface area contributed by atoms with Gasteiger partial charge in [0.25, 0.3) is 5.91 Å². The van der Waals surface area contributed by atoms with Gasteiger partial charge in [-0.3, -0.25) is 14.6 Å². The molecule has 0 radical (unpaired) electrons. The van der Waals surface area contributed by atoms with E-state index in [-0.39, 0.29) is 12.1 Å². The van der Waals surface area contributed by atoms with Gasteiger partial charge in [0.15, 0.2) is 23.0 Å². The van der Waals surface area contributed by atoms with Crippen molar-refractivity contribution in [2.75, 3.05) is 13.2 Å². The second-order valence-corrected chi connectivity index (χ2v) is 9.74. The first kappa shape index (κ1) is 27.6. The van der Waals surface area contributed by atoms with Gasteiger partial charge in [-0.15, -0.1) is 0 Å². The van der Waals surface area contributed by atoms with Crippen LogP contribution < -0.4 is 9.47 Å². The maximum Gasteiger partial charge on any atom is 0.290 e. The lowest BCUT2D eigenvalue weighted by Crippen LogP contribution is -2.30. The van der Waals surface area contributed by atoms with E-state index in [1.54, 1.807) is 36.7 Å². The summed E-state index contributed by atoms with van der Waals surface area (Å²) < 4.78 is 11.9. The Bertz CT molecular complexity index is 1350. The van der Waals surface area contributed by atoms with Crippen LogP contribution in [-0.2, 0) is 16.1 Å². The van der Waals surface area contributed by atoms with Gasteiger partial charge in [-0.1, -0.05) is 62.4 Å². The van der Waals surface area contributed by atoms with Crippen LogP contribution in [0.2, 0.25) is 0 Å². The molecule has 3 aromatic rings. The normalized spacial score (nSPS) is 15.4. The highest BCUT2D eigenvalue weighted by atomic mass is 16.5. The summed E-state index contributed by atoms with van der Waals surface area (Å²) >= 11 is 0. The fourth-order valence-corrected chi connectivity index (χ4v) is 4.42. The molecular weight excluding hydrogens is 492 g/mol. The topological polar surface area (TPSA) is 89.0 Å². The quantitative estimate of drug-likeness (QED) is 0.288. The number of allylic oxidation sites excluding steroid dienone is 1. The summed E-state index contributed by atoms with van der Waals surface area (Å²) in [5.41, 5.74) is 2.26. The number of benzene rings is 2. The Morgan fingerprint density at radius 2 is 1.87 bits per heavy atom. The molecule has 7 heteroatoms. The molecular formula is C32H34N2O5. The summed E-state index contributed by atoms with van der Waals surface area (Å²) in [6.45, 7) is 7.27. The highest BCUT2D eigenvalue weighted by molar-refractivity contribution is 6.14. The van der Waals surface area contributed by atoms with Crippen molar-refractivity contribution < 1.29 is 24.2 Å². The van der Waals surface area contributed by atoms with Gasteiger partial charge in [-0.25, -0.2) is 0 Å². The third-order valence-corrected chi connectivity index (χ3v) is 6.41. The number of hydrogen-bond acceptors (Lipinski definition) is 6. The van der Waals surface area contributed by atoms with E-state index in [0.717, 1.165) is 17.5 Å². The number of carbonyl (C=O) groups excluding carboxylic acids is 2. The average molecular weight is 527 g/mol. The second-order valence-electron chi connectivity index (χ2n) is 9.74. The molecule has 0 bridgehead atoms. The van der Waals surface area contributed by atoms with Crippen molar-refractivity contribution in [3.8, 4) is 11.5 Å². The predicted molar refractivity (Wildman–Crippen MR) is 150 cm³/mol. The molecule has 0 saturated carbocycles. The lowest BCUT2D eigenvalue weighted by molar-refractivity contribution is -0.130. The van der Waals surface area contributed by atoms with Crippen LogP contribution in [0.4, 0.5) is 0 Å². The number of carbonyl (C=O) groups is 2. The molecule has 7 nitrogen and oxygen atoms in total. The van der Waals surface area contributed by atoms with Crippen molar-refractivity contribution in [2.24, 2.45) is 5.92 Å². The van der Waals surface area contributed by atoms with Crippen molar-refractivity contribution >= 4 is 17.8 Å². The number of aliphatic hydroxyl groups excluding tert-OH is 1. The Hall–Kier alpha value is -4.39. The Labute approximate surface area is 229 Å². The van der Waals surface area contributed by atoms with Crippen molar-refractivity contribution in [3.63, 3.8) is 0 Å². The minimum atomic E-state index is -0.824. The van der Waals surface area contributed by atoms with Crippen LogP contribution in [0.15, 0.2) is 90.5 Å². The lowest BCUT2D eigenvalue weighted by Gasteiger charge is -2.27. The number of ketones is 1. The van der Waals surface area contributed by atoms with E-state index in [0.29, 0.717) is 36.2 Å². The molecule has 0 fully saturated rings. The number of amides is 1. The number of aromatic nitrogens is 1. The molecule has 0 spiro atoms. The van der Waals surface area contributed by atoms with Crippen LogP contribution in [0.25, 0.3) is 6.08 Å². The smallest absolute Gasteiger partial charge is 0.290 e. The van der Waals surface area contributed by atoms with Crippen LogP contribution in [-0.4, -0.2) is 39.9 Å². The SMILES string of the molecule is CCOc1cc(C2C(C(=O)C=Cc3ccccc3)=C(O)C(=O)N2Cc2cccnc2)ccc1OCCC(C)C. The fourth-order valence-electron chi connectivity index (χ4n) is 4.42.